The van der Waals surface area contributed by atoms with Crippen LogP contribution in [-0.2, 0) is 15.7 Å². The lowest BCUT2D eigenvalue weighted by molar-refractivity contribution is -0.145. The molecule has 0 amide bonds. The molecule has 170 valence electrons. The summed E-state index contributed by atoms with van der Waals surface area (Å²) in [4.78, 5) is 12.4. The van der Waals surface area contributed by atoms with E-state index in [-0.39, 0.29) is 18.5 Å². The van der Waals surface area contributed by atoms with E-state index in [1.165, 1.54) is 23.9 Å². The number of hydrogen-bond acceptors (Lipinski definition) is 5. The minimum absolute atomic E-state index is 0.177. The number of nitrogens with zero attached hydrogens (tertiary/aromatic N) is 1. The zero-order valence-corrected chi connectivity index (χ0v) is 18.6. The third-order valence-electron chi connectivity index (χ3n) is 4.74. The van der Waals surface area contributed by atoms with Gasteiger partial charge in [0.1, 0.15) is 5.75 Å². The smallest absolute Gasteiger partial charge is 0.416 e. The van der Waals surface area contributed by atoms with Crippen molar-refractivity contribution in [2.24, 2.45) is 0 Å². The summed E-state index contributed by atoms with van der Waals surface area (Å²) >= 11 is 1.49. The zero-order valence-electron chi connectivity index (χ0n) is 17.8. The molecule has 1 aromatic heterocycles. The maximum absolute atomic E-state index is 13.0. The SMILES string of the molecule is CCOC(=O)COc1ccc(SC(c2ccc(C(F)(F)F)cc2)c2c[nH]nc2C)cc1C. The number of aromatic nitrogens is 2. The van der Waals surface area contributed by atoms with Gasteiger partial charge in [-0.3, -0.25) is 5.10 Å². The topological polar surface area (TPSA) is 64.2 Å². The van der Waals surface area contributed by atoms with Gasteiger partial charge < -0.3 is 9.47 Å². The van der Waals surface area contributed by atoms with Crippen LogP contribution in [0.1, 0.15) is 40.1 Å². The molecule has 1 N–H and O–H groups in total. The maximum atomic E-state index is 13.0. The molecule has 1 atom stereocenters. The molecule has 0 radical (unpaired) electrons. The summed E-state index contributed by atoms with van der Waals surface area (Å²) in [5, 5.41) is 6.73. The first-order valence-electron chi connectivity index (χ1n) is 9.92. The number of ether oxygens (including phenoxy) is 2. The molecule has 32 heavy (non-hydrogen) atoms. The van der Waals surface area contributed by atoms with Crippen LogP contribution in [0.2, 0.25) is 0 Å². The summed E-state index contributed by atoms with van der Waals surface area (Å²) in [5.41, 5.74) is 2.53. The summed E-state index contributed by atoms with van der Waals surface area (Å²) in [7, 11) is 0. The number of thioether (sulfide) groups is 1. The maximum Gasteiger partial charge on any atom is 0.416 e. The molecule has 0 aliphatic carbocycles. The average molecular weight is 465 g/mol. The second-order valence-electron chi connectivity index (χ2n) is 7.06. The first-order valence-corrected chi connectivity index (χ1v) is 10.8. The first kappa shape index (κ1) is 23.7. The number of alkyl halides is 3. The summed E-state index contributed by atoms with van der Waals surface area (Å²) < 4.78 is 49.3. The van der Waals surface area contributed by atoms with E-state index in [1.807, 2.05) is 26.0 Å². The molecule has 0 fully saturated rings. The largest absolute Gasteiger partial charge is 0.482 e. The molecule has 2 aromatic carbocycles. The van der Waals surface area contributed by atoms with E-state index in [4.69, 9.17) is 9.47 Å². The quantitative estimate of drug-likeness (QED) is 0.334. The third kappa shape index (κ3) is 5.85. The van der Waals surface area contributed by atoms with Crippen LogP contribution in [0.15, 0.2) is 53.6 Å². The van der Waals surface area contributed by atoms with Crippen molar-refractivity contribution >= 4 is 17.7 Å². The number of rotatable bonds is 8. The Balaban J connectivity index is 1.84. The average Bonchev–Trinajstić information content (AvgIpc) is 3.16. The van der Waals surface area contributed by atoms with E-state index in [9.17, 15) is 18.0 Å². The van der Waals surface area contributed by atoms with Crippen molar-refractivity contribution in [1.29, 1.82) is 0 Å². The molecule has 1 heterocycles. The number of esters is 1. The molecule has 0 aliphatic heterocycles. The summed E-state index contributed by atoms with van der Waals surface area (Å²) in [6, 6.07) is 10.7. The number of halogens is 3. The van der Waals surface area contributed by atoms with Gasteiger partial charge in [0.05, 0.1) is 23.1 Å². The Hall–Kier alpha value is -2.94. The molecule has 0 saturated carbocycles. The Bertz CT molecular complexity index is 1070. The fourth-order valence-corrected chi connectivity index (χ4v) is 4.45. The van der Waals surface area contributed by atoms with E-state index < -0.39 is 17.7 Å². The Morgan fingerprint density at radius 3 is 2.44 bits per heavy atom. The van der Waals surface area contributed by atoms with E-state index in [0.717, 1.165) is 39.4 Å². The predicted octanol–water partition coefficient (Wildman–Crippen LogP) is 5.87. The summed E-state index contributed by atoms with van der Waals surface area (Å²) in [5.74, 6) is 0.121. The lowest BCUT2D eigenvalue weighted by Crippen LogP contribution is -2.14. The van der Waals surface area contributed by atoms with Crippen LogP contribution in [0.3, 0.4) is 0 Å². The van der Waals surface area contributed by atoms with Crippen molar-refractivity contribution in [2.45, 2.75) is 37.1 Å². The molecule has 0 bridgehead atoms. The number of aryl methyl sites for hydroxylation is 2. The van der Waals surface area contributed by atoms with Crippen LogP contribution in [-0.4, -0.2) is 29.4 Å². The van der Waals surface area contributed by atoms with Gasteiger partial charge in [0.2, 0.25) is 0 Å². The lowest BCUT2D eigenvalue weighted by atomic mass is 10.0. The highest BCUT2D eigenvalue weighted by Crippen LogP contribution is 2.43. The highest BCUT2D eigenvalue weighted by Gasteiger charge is 2.30. The number of aromatic amines is 1. The fraction of sp³-hybridized carbons (Fsp3) is 0.304. The van der Waals surface area contributed by atoms with E-state index in [0.29, 0.717) is 5.75 Å². The molecule has 5 nitrogen and oxygen atoms in total. The fourth-order valence-electron chi connectivity index (χ4n) is 3.12. The summed E-state index contributed by atoms with van der Waals surface area (Å²) in [6.45, 7) is 5.55. The molecular formula is C23H23F3N2O3S. The number of benzene rings is 2. The molecule has 3 rings (SSSR count). The minimum atomic E-state index is -4.39. The van der Waals surface area contributed by atoms with Crippen LogP contribution in [0, 0.1) is 13.8 Å². The second kappa shape index (κ2) is 10.1. The number of nitrogens with one attached hydrogen (secondary N) is 1. The predicted molar refractivity (Wildman–Crippen MR) is 116 cm³/mol. The minimum Gasteiger partial charge on any atom is -0.482 e. The molecule has 9 heteroatoms. The molecule has 0 aliphatic rings. The van der Waals surface area contributed by atoms with Gasteiger partial charge in [0, 0.05) is 16.7 Å². The molecular weight excluding hydrogens is 441 g/mol. The highest BCUT2D eigenvalue weighted by molar-refractivity contribution is 7.99. The highest BCUT2D eigenvalue weighted by atomic mass is 32.2. The number of carbonyl (C=O) groups is 1. The van der Waals surface area contributed by atoms with Gasteiger partial charge in [-0.1, -0.05) is 12.1 Å². The van der Waals surface area contributed by atoms with Gasteiger partial charge in [0.15, 0.2) is 6.61 Å². The van der Waals surface area contributed by atoms with Crippen molar-refractivity contribution in [3.05, 3.63) is 76.6 Å². The normalized spacial score (nSPS) is 12.4. The Kier molecular flexibility index (Phi) is 7.50. The molecule has 0 saturated heterocycles. The molecule has 1 unspecified atom stereocenters. The second-order valence-corrected chi connectivity index (χ2v) is 8.24. The Labute approximate surface area is 188 Å². The van der Waals surface area contributed by atoms with E-state index >= 15 is 0 Å². The van der Waals surface area contributed by atoms with Crippen LogP contribution in [0.4, 0.5) is 13.2 Å². The van der Waals surface area contributed by atoms with E-state index in [1.54, 1.807) is 19.2 Å². The van der Waals surface area contributed by atoms with Gasteiger partial charge in [-0.2, -0.15) is 18.3 Å². The first-order chi connectivity index (χ1) is 15.2. The van der Waals surface area contributed by atoms with Gasteiger partial charge in [-0.25, -0.2) is 4.79 Å². The summed E-state index contributed by atoms with van der Waals surface area (Å²) in [6.07, 6.45) is -2.63. The van der Waals surface area contributed by atoms with Crippen LogP contribution in [0.25, 0.3) is 0 Å². The third-order valence-corrected chi connectivity index (χ3v) is 6.03. The van der Waals surface area contributed by atoms with Crippen LogP contribution in [0.5, 0.6) is 5.75 Å². The van der Waals surface area contributed by atoms with Crippen molar-refractivity contribution < 1.29 is 27.4 Å². The van der Waals surface area contributed by atoms with Crippen molar-refractivity contribution in [1.82, 2.24) is 10.2 Å². The van der Waals surface area contributed by atoms with Crippen LogP contribution < -0.4 is 4.74 Å². The molecule has 3 aromatic rings. The van der Waals surface area contributed by atoms with Gasteiger partial charge in [-0.05, 0) is 62.2 Å². The standard InChI is InChI=1S/C23H23F3N2O3S/c1-4-30-21(29)13-31-20-10-9-18(11-14(20)2)32-22(19-12-27-28-15(19)3)16-5-7-17(8-6-16)23(24,25)26/h5-12,22H,4,13H2,1-3H3,(H,27,28). The van der Waals surface area contributed by atoms with E-state index in [2.05, 4.69) is 10.2 Å². The number of carbonyl (C=O) groups excluding carboxylic acids is 1. The number of H-pyrrole nitrogens is 1. The monoisotopic (exact) mass is 464 g/mol. The van der Waals surface area contributed by atoms with Gasteiger partial charge >= 0.3 is 12.1 Å². The Morgan fingerprint density at radius 1 is 1.16 bits per heavy atom. The number of hydrogen-bond donors (Lipinski definition) is 1. The Morgan fingerprint density at radius 2 is 1.88 bits per heavy atom. The van der Waals surface area contributed by atoms with Gasteiger partial charge in [0.25, 0.3) is 0 Å². The van der Waals surface area contributed by atoms with Gasteiger partial charge in [-0.15, -0.1) is 11.8 Å². The lowest BCUT2D eigenvalue weighted by Gasteiger charge is -2.19. The van der Waals surface area contributed by atoms with Crippen LogP contribution >= 0.6 is 11.8 Å². The molecule has 0 spiro atoms. The van der Waals surface area contributed by atoms with Crippen molar-refractivity contribution in [3.63, 3.8) is 0 Å². The van der Waals surface area contributed by atoms with Crippen molar-refractivity contribution in [3.8, 4) is 5.75 Å². The van der Waals surface area contributed by atoms with Crippen molar-refractivity contribution in [2.75, 3.05) is 13.2 Å². The zero-order chi connectivity index (χ0) is 23.3.